The zero-order valence-electron chi connectivity index (χ0n) is 19.2. The normalized spacial score (nSPS) is 16.5. The van der Waals surface area contributed by atoms with Crippen LogP contribution in [0.1, 0.15) is 41.6 Å². The maximum atomic E-state index is 13.8. The number of likely N-dealkylation sites (tertiary alicyclic amines) is 2. The van der Waals surface area contributed by atoms with E-state index in [0.717, 1.165) is 9.80 Å². The van der Waals surface area contributed by atoms with E-state index in [9.17, 15) is 24.0 Å². The minimum absolute atomic E-state index is 0.0270. The molecule has 182 valence electrons. The van der Waals surface area contributed by atoms with Crippen LogP contribution < -0.4 is 0 Å². The lowest BCUT2D eigenvalue weighted by molar-refractivity contribution is -0.212. The number of Topliss-reactive ketones (excluding diaryl/α,β-unsaturated/α-hetero) is 1. The van der Waals surface area contributed by atoms with E-state index in [1.807, 2.05) is 0 Å². The Balaban J connectivity index is 1.62. The van der Waals surface area contributed by atoms with E-state index in [2.05, 4.69) is 0 Å². The fraction of sp³-hybridized carbons (Fsp3) is 0.346. The van der Waals surface area contributed by atoms with Gasteiger partial charge in [-0.3, -0.25) is 33.8 Å². The summed E-state index contributed by atoms with van der Waals surface area (Å²) in [5.74, 6) is -3.55. The van der Waals surface area contributed by atoms with Gasteiger partial charge in [-0.15, -0.1) is 0 Å². The van der Waals surface area contributed by atoms with Crippen LogP contribution in [-0.2, 0) is 34.4 Å². The lowest BCUT2D eigenvalue weighted by Crippen LogP contribution is -2.45. The lowest BCUT2D eigenvalue weighted by Gasteiger charge is -2.34. The second-order valence-corrected chi connectivity index (χ2v) is 8.25. The van der Waals surface area contributed by atoms with Crippen LogP contribution in [0.5, 0.6) is 0 Å². The predicted molar refractivity (Wildman–Crippen MR) is 123 cm³/mol. The molecule has 4 rings (SSSR count). The first-order chi connectivity index (χ1) is 16.9. The number of rotatable bonds is 11. The van der Waals surface area contributed by atoms with Crippen LogP contribution in [0.2, 0.25) is 0 Å². The monoisotopic (exact) mass is 478 g/mol. The number of hydrogen-bond donors (Lipinski definition) is 0. The predicted octanol–water partition coefficient (Wildman–Crippen LogP) is 2.05. The molecule has 2 aromatic carbocycles. The average molecular weight is 479 g/mol. The first-order valence-electron chi connectivity index (χ1n) is 11.5. The van der Waals surface area contributed by atoms with Crippen molar-refractivity contribution >= 4 is 29.4 Å². The number of ketones is 1. The summed E-state index contributed by atoms with van der Waals surface area (Å²) in [5, 5.41) is 0. The molecule has 0 aliphatic carbocycles. The molecule has 0 aromatic heterocycles. The molecule has 2 heterocycles. The number of benzene rings is 2. The number of hydrogen-bond acceptors (Lipinski definition) is 7. The van der Waals surface area contributed by atoms with Crippen molar-refractivity contribution in [2.75, 3.05) is 26.3 Å². The number of amides is 4. The van der Waals surface area contributed by atoms with Gasteiger partial charge in [0.25, 0.3) is 5.79 Å². The van der Waals surface area contributed by atoms with E-state index in [1.54, 1.807) is 60.7 Å². The highest BCUT2D eigenvalue weighted by molar-refractivity contribution is 6.03. The van der Waals surface area contributed by atoms with Gasteiger partial charge in [0, 0.05) is 36.8 Å². The number of carbonyl (C=O) groups excluding carboxylic acids is 5. The van der Waals surface area contributed by atoms with Crippen molar-refractivity contribution in [1.82, 2.24) is 9.80 Å². The standard InChI is InChI=1S/C26H26N2O7/c29-21-11-12-22(30)27(21)15-17-34-26(20-9-5-2-6-10-20,25(33)19-7-3-1-4-8-19)35-18-16-28-23(31)13-14-24(28)32/h1-10H,11-18H2. The van der Waals surface area contributed by atoms with E-state index in [4.69, 9.17) is 9.47 Å². The molecule has 2 aliphatic rings. The van der Waals surface area contributed by atoms with Crippen LogP contribution in [0, 0.1) is 0 Å². The summed E-state index contributed by atoms with van der Waals surface area (Å²) >= 11 is 0. The molecule has 2 aromatic rings. The highest BCUT2D eigenvalue weighted by Crippen LogP contribution is 2.32. The maximum absolute atomic E-state index is 13.8. The number of ether oxygens (including phenoxy) is 2. The minimum Gasteiger partial charge on any atom is -0.338 e. The molecule has 2 saturated heterocycles. The highest BCUT2D eigenvalue weighted by atomic mass is 16.7. The third kappa shape index (κ3) is 5.21. The Bertz CT molecular complexity index is 1040. The van der Waals surface area contributed by atoms with E-state index in [1.165, 1.54) is 0 Å². The molecule has 9 nitrogen and oxygen atoms in total. The van der Waals surface area contributed by atoms with Crippen LogP contribution in [0.25, 0.3) is 0 Å². The third-order valence-electron chi connectivity index (χ3n) is 6.04. The third-order valence-corrected chi connectivity index (χ3v) is 6.04. The molecule has 2 aliphatic heterocycles. The average Bonchev–Trinajstić information content (AvgIpc) is 3.38. The number of nitrogens with zero attached hydrogens (tertiary/aromatic N) is 2. The van der Waals surface area contributed by atoms with Gasteiger partial charge >= 0.3 is 0 Å². The van der Waals surface area contributed by atoms with Gasteiger partial charge in [-0.1, -0.05) is 60.7 Å². The van der Waals surface area contributed by atoms with Crippen LogP contribution >= 0.6 is 0 Å². The Labute approximate surface area is 202 Å². The Hall–Kier alpha value is -3.69. The topological polar surface area (TPSA) is 110 Å². The van der Waals surface area contributed by atoms with Crippen molar-refractivity contribution in [2.45, 2.75) is 31.5 Å². The van der Waals surface area contributed by atoms with Crippen molar-refractivity contribution in [3.8, 4) is 0 Å². The zero-order chi connectivity index (χ0) is 24.8. The van der Waals surface area contributed by atoms with Gasteiger partial charge in [0.05, 0.1) is 26.3 Å². The molecule has 0 N–H and O–H groups in total. The van der Waals surface area contributed by atoms with Crippen molar-refractivity contribution in [2.24, 2.45) is 0 Å². The second-order valence-electron chi connectivity index (χ2n) is 8.25. The van der Waals surface area contributed by atoms with Crippen molar-refractivity contribution in [3.63, 3.8) is 0 Å². The van der Waals surface area contributed by atoms with Gasteiger partial charge < -0.3 is 9.47 Å². The molecule has 0 saturated carbocycles. The molecule has 35 heavy (non-hydrogen) atoms. The van der Waals surface area contributed by atoms with Gasteiger partial charge in [0.2, 0.25) is 29.4 Å². The Morgan fingerprint density at radius 1 is 0.657 bits per heavy atom. The first-order valence-corrected chi connectivity index (χ1v) is 11.5. The van der Waals surface area contributed by atoms with E-state index in [-0.39, 0.29) is 75.6 Å². The quantitative estimate of drug-likeness (QED) is 0.276. The van der Waals surface area contributed by atoms with E-state index >= 15 is 0 Å². The fourth-order valence-corrected chi connectivity index (χ4v) is 4.21. The smallest absolute Gasteiger partial charge is 0.261 e. The molecular weight excluding hydrogens is 452 g/mol. The maximum Gasteiger partial charge on any atom is 0.261 e. The summed E-state index contributed by atoms with van der Waals surface area (Å²) < 4.78 is 12.2. The Morgan fingerprint density at radius 2 is 1.06 bits per heavy atom. The molecule has 0 atom stereocenters. The molecule has 0 unspecified atom stereocenters. The van der Waals surface area contributed by atoms with Crippen molar-refractivity contribution < 1.29 is 33.4 Å². The van der Waals surface area contributed by atoms with Crippen molar-refractivity contribution in [1.29, 1.82) is 0 Å². The molecule has 2 fully saturated rings. The molecule has 0 spiro atoms. The van der Waals surface area contributed by atoms with Crippen molar-refractivity contribution in [3.05, 3.63) is 71.8 Å². The highest BCUT2D eigenvalue weighted by Gasteiger charge is 2.44. The van der Waals surface area contributed by atoms with Gasteiger partial charge in [-0.05, 0) is 0 Å². The summed E-state index contributed by atoms with van der Waals surface area (Å²) in [6, 6.07) is 17.1. The summed E-state index contributed by atoms with van der Waals surface area (Å²) in [6.45, 7) is -0.347. The summed E-state index contributed by atoms with van der Waals surface area (Å²) in [4.78, 5) is 64.2. The zero-order valence-corrected chi connectivity index (χ0v) is 19.2. The SMILES string of the molecule is O=C1CCC(=O)N1CCOC(OCCN1C(=O)CCC1=O)(C(=O)c1ccccc1)c1ccccc1. The van der Waals surface area contributed by atoms with E-state index < -0.39 is 11.6 Å². The number of imide groups is 2. The molecule has 4 amide bonds. The summed E-state index contributed by atoms with van der Waals surface area (Å²) in [7, 11) is 0. The first kappa shape index (κ1) is 24.4. The van der Waals surface area contributed by atoms with Crippen LogP contribution in [-0.4, -0.2) is 65.5 Å². The van der Waals surface area contributed by atoms with E-state index in [0.29, 0.717) is 11.1 Å². The Morgan fingerprint density at radius 3 is 1.49 bits per heavy atom. The minimum atomic E-state index is -1.92. The van der Waals surface area contributed by atoms with Crippen LogP contribution in [0.4, 0.5) is 0 Å². The van der Waals surface area contributed by atoms with Crippen LogP contribution in [0.3, 0.4) is 0 Å². The Kier molecular flexibility index (Phi) is 7.48. The van der Waals surface area contributed by atoms with Gasteiger partial charge in [-0.25, -0.2) is 0 Å². The largest absolute Gasteiger partial charge is 0.338 e. The lowest BCUT2D eigenvalue weighted by atomic mass is 9.95. The molecule has 9 heteroatoms. The van der Waals surface area contributed by atoms with Gasteiger partial charge in [0.15, 0.2) is 0 Å². The summed E-state index contributed by atoms with van der Waals surface area (Å²) in [6.07, 6.45) is 0.611. The fourth-order valence-electron chi connectivity index (χ4n) is 4.21. The van der Waals surface area contributed by atoms with Gasteiger partial charge in [-0.2, -0.15) is 0 Å². The number of carbonyl (C=O) groups is 5. The molecular formula is C26H26N2O7. The van der Waals surface area contributed by atoms with Gasteiger partial charge in [0.1, 0.15) is 0 Å². The second kappa shape index (κ2) is 10.7. The van der Waals surface area contributed by atoms with Crippen LogP contribution in [0.15, 0.2) is 60.7 Å². The molecule has 0 bridgehead atoms. The summed E-state index contributed by atoms with van der Waals surface area (Å²) in [5.41, 5.74) is 0.741. The molecule has 0 radical (unpaired) electrons.